The molecule has 0 saturated carbocycles. The average molecular weight is 338 g/mol. The van der Waals surface area contributed by atoms with E-state index in [2.05, 4.69) is 33.9 Å². The Morgan fingerprint density at radius 3 is 2.48 bits per heavy atom. The summed E-state index contributed by atoms with van der Waals surface area (Å²) >= 11 is 0. The summed E-state index contributed by atoms with van der Waals surface area (Å²) < 4.78 is 0. The molecule has 1 aromatic heterocycles. The zero-order valence-electron chi connectivity index (χ0n) is 15.1. The SMILES string of the molecule is CCC(Cc1ccccc1)C(=O)N1CCN(c2ccnc(C)n2)CC1. The first-order valence-corrected chi connectivity index (χ1v) is 9.04. The molecule has 0 spiro atoms. The van der Waals surface area contributed by atoms with E-state index in [-0.39, 0.29) is 11.8 Å². The number of rotatable bonds is 5. The summed E-state index contributed by atoms with van der Waals surface area (Å²) in [6.45, 7) is 7.17. The molecule has 0 aliphatic carbocycles. The largest absolute Gasteiger partial charge is 0.353 e. The van der Waals surface area contributed by atoms with Crippen LogP contribution in [0.25, 0.3) is 0 Å². The standard InChI is InChI=1S/C20H26N4O/c1-3-18(15-17-7-5-4-6-8-17)20(25)24-13-11-23(12-14-24)19-9-10-21-16(2)22-19/h4-10,18H,3,11-15H2,1-2H3. The minimum absolute atomic E-state index is 0.0650. The van der Waals surface area contributed by atoms with E-state index >= 15 is 0 Å². The second-order valence-corrected chi connectivity index (χ2v) is 6.57. The van der Waals surface area contributed by atoms with E-state index in [1.165, 1.54) is 5.56 Å². The Morgan fingerprint density at radius 2 is 1.84 bits per heavy atom. The molecule has 132 valence electrons. The van der Waals surface area contributed by atoms with Gasteiger partial charge in [-0.3, -0.25) is 4.79 Å². The van der Waals surface area contributed by atoms with Gasteiger partial charge in [-0.1, -0.05) is 37.3 Å². The molecular formula is C20H26N4O. The first-order chi connectivity index (χ1) is 12.2. The fourth-order valence-corrected chi connectivity index (χ4v) is 3.34. The topological polar surface area (TPSA) is 49.3 Å². The Hall–Kier alpha value is -2.43. The van der Waals surface area contributed by atoms with Gasteiger partial charge in [-0.05, 0) is 31.4 Å². The van der Waals surface area contributed by atoms with E-state index in [0.717, 1.165) is 50.7 Å². The molecule has 1 aromatic carbocycles. The van der Waals surface area contributed by atoms with Crippen molar-refractivity contribution < 1.29 is 4.79 Å². The maximum Gasteiger partial charge on any atom is 0.226 e. The predicted octanol–water partition coefficient (Wildman–Crippen LogP) is 2.70. The molecular weight excluding hydrogens is 312 g/mol. The van der Waals surface area contributed by atoms with Gasteiger partial charge < -0.3 is 9.80 Å². The Kier molecular flexibility index (Phi) is 5.64. The van der Waals surface area contributed by atoms with Crippen molar-refractivity contribution in [1.29, 1.82) is 0 Å². The van der Waals surface area contributed by atoms with Gasteiger partial charge in [0.25, 0.3) is 0 Å². The van der Waals surface area contributed by atoms with Gasteiger partial charge >= 0.3 is 0 Å². The molecule has 1 amide bonds. The lowest BCUT2D eigenvalue weighted by Crippen LogP contribution is -2.50. The lowest BCUT2D eigenvalue weighted by molar-refractivity contribution is -0.135. The van der Waals surface area contributed by atoms with Gasteiger partial charge in [-0.2, -0.15) is 0 Å². The number of nitrogens with zero attached hydrogens (tertiary/aromatic N) is 4. The van der Waals surface area contributed by atoms with Crippen molar-refractivity contribution in [2.45, 2.75) is 26.7 Å². The third kappa shape index (κ3) is 4.35. The summed E-state index contributed by atoms with van der Waals surface area (Å²) in [5.41, 5.74) is 1.23. The molecule has 5 heteroatoms. The molecule has 2 aromatic rings. The number of benzene rings is 1. The van der Waals surface area contributed by atoms with Crippen molar-refractivity contribution >= 4 is 11.7 Å². The molecule has 1 aliphatic rings. The highest BCUT2D eigenvalue weighted by Crippen LogP contribution is 2.18. The van der Waals surface area contributed by atoms with Crippen molar-refractivity contribution in [1.82, 2.24) is 14.9 Å². The molecule has 1 saturated heterocycles. The number of anilines is 1. The van der Waals surface area contributed by atoms with E-state index in [1.807, 2.05) is 36.1 Å². The maximum absolute atomic E-state index is 12.9. The normalized spacial score (nSPS) is 15.9. The number of aromatic nitrogens is 2. The first-order valence-electron chi connectivity index (χ1n) is 9.04. The Morgan fingerprint density at radius 1 is 1.12 bits per heavy atom. The summed E-state index contributed by atoms with van der Waals surface area (Å²) in [6, 6.07) is 12.2. The van der Waals surface area contributed by atoms with Crippen molar-refractivity contribution in [3.8, 4) is 0 Å². The van der Waals surface area contributed by atoms with E-state index in [9.17, 15) is 4.79 Å². The number of carbonyl (C=O) groups is 1. The van der Waals surface area contributed by atoms with E-state index in [4.69, 9.17) is 0 Å². The Bertz CT molecular complexity index is 696. The van der Waals surface area contributed by atoms with Crippen LogP contribution in [0.4, 0.5) is 5.82 Å². The number of hydrogen-bond donors (Lipinski definition) is 0. The fraction of sp³-hybridized carbons (Fsp3) is 0.450. The number of amides is 1. The van der Waals surface area contributed by atoms with Crippen LogP contribution in [0.5, 0.6) is 0 Å². The smallest absolute Gasteiger partial charge is 0.226 e. The minimum atomic E-state index is 0.0650. The number of hydrogen-bond acceptors (Lipinski definition) is 4. The van der Waals surface area contributed by atoms with Gasteiger partial charge in [-0.15, -0.1) is 0 Å². The molecule has 1 fully saturated rings. The van der Waals surface area contributed by atoms with Crippen LogP contribution in [0.15, 0.2) is 42.6 Å². The molecule has 0 bridgehead atoms. The van der Waals surface area contributed by atoms with Crippen molar-refractivity contribution in [3.63, 3.8) is 0 Å². The first kappa shape index (κ1) is 17.4. The summed E-state index contributed by atoms with van der Waals surface area (Å²) in [5.74, 6) is 2.08. The number of piperazine rings is 1. The van der Waals surface area contributed by atoms with Crippen molar-refractivity contribution in [2.24, 2.45) is 5.92 Å². The maximum atomic E-state index is 12.9. The average Bonchev–Trinajstić information content (AvgIpc) is 2.66. The molecule has 0 radical (unpaired) electrons. The molecule has 5 nitrogen and oxygen atoms in total. The van der Waals surface area contributed by atoms with Crippen LogP contribution >= 0.6 is 0 Å². The molecule has 0 N–H and O–H groups in total. The van der Waals surface area contributed by atoms with Crippen LogP contribution < -0.4 is 4.90 Å². The molecule has 1 atom stereocenters. The van der Waals surface area contributed by atoms with Gasteiger partial charge in [0.1, 0.15) is 11.6 Å². The monoisotopic (exact) mass is 338 g/mol. The van der Waals surface area contributed by atoms with E-state index in [0.29, 0.717) is 0 Å². The fourth-order valence-electron chi connectivity index (χ4n) is 3.34. The minimum Gasteiger partial charge on any atom is -0.353 e. The summed E-state index contributed by atoms with van der Waals surface area (Å²) in [5, 5.41) is 0. The van der Waals surface area contributed by atoms with Gasteiger partial charge in [0, 0.05) is 38.3 Å². The number of carbonyl (C=O) groups excluding carboxylic acids is 1. The molecule has 2 heterocycles. The molecule has 25 heavy (non-hydrogen) atoms. The third-order valence-corrected chi connectivity index (χ3v) is 4.84. The highest BCUT2D eigenvalue weighted by atomic mass is 16.2. The Balaban J connectivity index is 1.58. The van der Waals surface area contributed by atoms with Crippen molar-refractivity contribution in [3.05, 3.63) is 54.0 Å². The third-order valence-electron chi connectivity index (χ3n) is 4.84. The quantitative estimate of drug-likeness (QED) is 0.841. The summed E-state index contributed by atoms with van der Waals surface area (Å²) in [4.78, 5) is 25.8. The second kappa shape index (κ2) is 8.10. The Labute approximate surface area is 149 Å². The molecule has 3 rings (SSSR count). The van der Waals surface area contributed by atoms with Gasteiger partial charge in [0.15, 0.2) is 0 Å². The van der Waals surface area contributed by atoms with Gasteiger partial charge in [-0.25, -0.2) is 9.97 Å². The number of aryl methyl sites for hydroxylation is 1. The molecule has 1 aliphatic heterocycles. The zero-order valence-corrected chi connectivity index (χ0v) is 15.1. The van der Waals surface area contributed by atoms with Crippen LogP contribution in [0, 0.1) is 12.8 Å². The zero-order chi connectivity index (χ0) is 17.6. The van der Waals surface area contributed by atoms with E-state index < -0.39 is 0 Å². The van der Waals surface area contributed by atoms with Crippen molar-refractivity contribution in [2.75, 3.05) is 31.1 Å². The van der Waals surface area contributed by atoms with Crippen LogP contribution in [-0.2, 0) is 11.2 Å². The lowest BCUT2D eigenvalue weighted by Gasteiger charge is -2.37. The highest BCUT2D eigenvalue weighted by Gasteiger charge is 2.27. The van der Waals surface area contributed by atoms with Crippen LogP contribution in [-0.4, -0.2) is 47.0 Å². The van der Waals surface area contributed by atoms with Crippen LogP contribution in [0.3, 0.4) is 0 Å². The van der Waals surface area contributed by atoms with Crippen LogP contribution in [0.1, 0.15) is 24.7 Å². The summed E-state index contributed by atoms with van der Waals surface area (Å²) in [7, 11) is 0. The second-order valence-electron chi connectivity index (χ2n) is 6.57. The van der Waals surface area contributed by atoms with E-state index in [1.54, 1.807) is 6.20 Å². The van der Waals surface area contributed by atoms with Gasteiger partial charge in [0.2, 0.25) is 5.91 Å². The predicted molar refractivity (Wildman–Crippen MR) is 99.5 cm³/mol. The van der Waals surface area contributed by atoms with Crippen LogP contribution in [0.2, 0.25) is 0 Å². The highest BCUT2D eigenvalue weighted by molar-refractivity contribution is 5.79. The molecule has 1 unspecified atom stereocenters. The summed E-state index contributed by atoms with van der Waals surface area (Å²) in [6.07, 6.45) is 3.49. The van der Waals surface area contributed by atoms with Gasteiger partial charge in [0.05, 0.1) is 0 Å². The lowest BCUT2D eigenvalue weighted by atomic mass is 9.95.